The topological polar surface area (TPSA) is 55.1 Å². The van der Waals surface area contributed by atoms with Gasteiger partial charge in [0.1, 0.15) is 0 Å². The van der Waals surface area contributed by atoms with Crippen LogP contribution in [-0.4, -0.2) is 20.9 Å². The van der Waals surface area contributed by atoms with Crippen LogP contribution in [0.1, 0.15) is 16.1 Å². The van der Waals surface area contributed by atoms with Gasteiger partial charge in [0.25, 0.3) is 0 Å². The van der Waals surface area contributed by atoms with Gasteiger partial charge in [0.05, 0.1) is 16.1 Å². The molecule has 0 radical (unpaired) electrons. The molecule has 0 fully saturated rings. The number of hydrogen-bond donors (Lipinski definition) is 1. The highest BCUT2D eigenvalue weighted by Gasteiger charge is 2.13. The molecule has 0 aliphatic rings. The third-order valence-electron chi connectivity index (χ3n) is 2.42. The summed E-state index contributed by atoms with van der Waals surface area (Å²) in [6, 6.07) is 2.97. The Morgan fingerprint density at radius 2 is 2.20 bits per heavy atom. The lowest BCUT2D eigenvalue weighted by molar-refractivity contribution is 0.0697. The van der Waals surface area contributed by atoms with Gasteiger partial charge >= 0.3 is 5.97 Å². The number of fused-ring (bicyclic) bond motifs is 1. The second-order valence-corrected chi connectivity index (χ2v) is 3.77. The van der Waals surface area contributed by atoms with E-state index in [4.69, 9.17) is 16.7 Å². The third kappa shape index (κ3) is 1.47. The molecule has 1 heterocycles. The molecule has 0 atom stereocenters. The van der Waals surface area contributed by atoms with Crippen molar-refractivity contribution in [3.8, 4) is 0 Å². The Bertz CT molecular complexity index is 560. The average Bonchev–Trinajstić information content (AvgIpc) is 2.42. The van der Waals surface area contributed by atoms with E-state index in [0.29, 0.717) is 10.5 Å². The molecule has 0 aliphatic heterocycles. The van der Waals surface area contributed by atoms with Crippen molar-refractivity contribution in [2.45, 2.75) is 6.92 Å². The van der Waals surface area contributed by atoms with Crippen LogP contribution in [0.4, 0.5) is 0 Å². The fraction of sp³-hybridized carbons (Fsp3) is 0.200. The lowest BCUT2D eigenvalue weighted by atomic mass is 10.1. The lowest BCUT2D eigenvalue weighted by Crippen LogP contribution is -1.95. The zero-order valence-electron chi connectivity index (χ0n) is 8.28. The molecular formula is C10H9ClN2O2. The van der Waals surface area contributed by atoms with Gasteiger partial charge < -0.3 is 5.11 Å². The van der Waals surface area contributed by atoms with Crippen molar-refractivity contribution >= 4 is 28.5 Å². The minimum Gasteiger partial charge on any atom is -0.478 e. The summed E-state index contributed by atoms with van der Waals surface area (Å²) in [5.41, 5.74) is 1.69. The molecule has 0 bridgehead atoms. The molecule has 1 aromatic heterocycles. The van der Waals surface area contributed by atoms with Gasteiger partial charge in [-0.2, -0.15) is 5.10 Å². The summed E-state index contributed by atoms with van der Waals surface area (Å²) in [6.45, 7) is 1.89. The zero-order valence-corrected chi connectivity index (χ0v) is 9.04. The van der Waals surface area contributed by atoms with Crippen molar-refractivity contribution in [1.82, 2.24) is 9.78 Å². The van der Waals surface area contributed by atoms with E-state index in [1.165, 1.54) is 12.1 Å². The first-order valence-corrected chi connectivity index (χ1v) is 4.74. The molecule has 1 N–H and O–H groups in total. The molecule has 78 valence electrons. The van der Waals surface area contributed by atoms with E-state index >= 15 is 0 Å². The van der Waals surface area contributed by atoms with Crippen LogP contribution in [0, 0.1) is 6.92 Å². The van der Waals surface area contributed by atoms with Crippen molar-refractivity contribution in [2.24, 2.45) is 7.05 Å². The van der Waals surface area contributed by atoms with Gasteiger partial charge in [-0.3, -0.25) is 4.68 Å². The minimum atomic E-state index is -0.998. The number of aryl methyl sites for hydroxylation is 2. The van der Waals surface area contributed by atoms with E-state index in [1.807, 2.05) is 6.92 Å². The predicted molar refractivity (Wildman–Crippen MR) is 57.4 cm³/mol. The van der Waals surface area contributed by atoms with Crippen LogP contribution in [0.3, 0.4) is 0 Å². The van der Waals surface area contributed by atoms with Crippen LogP contribution >= 0.6 is 11.6 Å². The molecular weight excluding hydrogens is 216 g/mol. The van der Waals surface area contributed by atoms with Crippen LogP contribution in [0.5, 0.6) is 0 Å². The summed E-state index contributed by atoms with van der Waals surface area (Å²) in [4.78, 5) is 10.8. The number of halogens is 1. The molecule has 4 nitrogen and oxygen atoms in total. The lowest BCUT2D eigenvalue weighted by Gasteiger charge is -1.98. The highest BCUT2D eigenvalue weighted by atomic mass is 35.5. The number of carboxylic acids is 1. The molecule has 5 heteroatoms. The van der Waals surface area contributed by atoms with Crippen molar-refractivity contribution in [3.05, 3.63) is 28.4 Å². The predicted octanol–water partition coefficient (Wildman–Crippen LogP) is 2.23. The van der Waals surface area contributed by atoms with Gasteiger partial charge in [0.15, 0.2) is 0 Å². The number of aromatic carboxylic acids is 1. The van der Waals surface area contributed by atoms with Gasteiger partial charge in [0.2, 0.25) is 0 Å². The van der Waals surface area contributed by atoms with Gasteiger partial charge in [-0.1, -0.05) is 11.6 Å². The maximum Gasteiger partial charge on any atom is 0.335 e. The van der Waals surface area contributed by atoms with Gasteiger partial charge in [-0.05, 0) is 19.1 Å². The van der Waals surface area contributed by atoms with Crippen molar-refractivity contribution in [3.63, 3.8) is 0 Å². The van der Waals surface area contributed by atoms with Crippen molar-refractivity contribution in [1.29, 1.82) is 0 Å². The van der Waals surface area contributed by atoms with Crippen molar-refractivity contribution in [2.75, 3.05) is 0 Å². The first-order chi connectivity index (χ1) is 7.00. The summed E-state index contributed by atoms with van der Waals surface area (Å²) >= 11 is 6.01. The Labute approximate surface area is 91.1 Å². The fourth-order valence-electron chi connectivity index (χ4n) is 1.55. The summed E-state index contributed by atoms with van der Waals surface area (Å²) in [5.74, 6) is -0.998. The van der Waals surface area contributed by atoms with E-state index in [-0.39, 0.29) is 5.56 Å². The molecule has 15 heavy (non-hydrogen) atoms. The van der Waals surface area contributed by atoms with Crippen LogP contribution in [0.25, 0.3) is 10.9 Å². The minimum absolute atomic E-state index is 0.158. The molecule has 0 amide bonds. The van der Waals surface area contributed by atoms with Crippen molar-refractivity contribution < 1.29 is 9.90 Å². The summed E-state index contributed by atoms with van der Waals surface area (Å²) in [6.07, 6.45) is 0. The van der Waals surface area contributed by atoms with Gasteiger partial charge in [-0.15, -0.1) is 0 Å². The highest BCUT2D eigenvalue weighted by Crippen LogP contribution is 2.27. The van der Waals surface area contributed by atoms with Crippen LogP contribution in [-0.2, 0) is 7.05 Å². The Hall–Kier alpha value is -1.55. The second kappa shape index (κ2) is 3.24. The normalized spacial score (nSPS) is 10.9. The first-order valence-electron chi connectivity index (χ1n) is 4.37. The molecule has 0 saturated heterocycles. The second-order valence-electron chi connectivity index (χ2n) is 3.37. The Morgan fingerprint density at radius 3 is 2.80 bits per heavy atom. The molecule has 2 aromatic rings. The van der Waals surface area contributed by atoms with Crippen LogP contribution in [0.2, 0.25) is 5.02 Å². The number of carbonyl (C=O) groups is 1. The number of carboxylic acid groups (broad SMARTS) is 1. The quantitative estimate of drug-likeness (QED) is 0.808. The van der Waals surface area contributed by atoms with Gasteiger partial charge in [0, 0.05) is 18.1 Å². The number of benzene rings is 1. The summed E-state index contributed by atoms with van der Waals surface area (Å²) in [5, 5.41) is 14.3. The van der Waals surface area contributed by atoms with Crippen LogP contribution in [0.15, 0.2) is 12.1 Å². The maximum atomic E-state index is 10.8. The largest absolute Gasteiger partial charge is 0.478 e. The number of aromatic nitrogens is 2. The SMILES string of the molecule is Cc1c2c(Cl)cc(C(=O)O)cc2nn1C. The first kappa shape index (κ1) is 9.98. The standard InChI is InChI=1S/C10H9ClN2O2/c1-5-9-7(11)3-6(10(14)15)4-8(9)12-13(5)2/h3-4H,1-2H3,(H,14,15). The van der Waals surface area contributed by atoms with Crippen LogP contribution < -0.4 is 0 Å². The van der Waals surface area contributed by atoms with Gasteiger partial charge in [-0.25, -0.2) is 4.79 Å². The average molecular weight is 225 g/mol. The van der Waals surface area contributed by atoms with E-state index < -0.39 is 5.97 Å². The van der Waals surface area contributed by atoms with E-state index in [0.717, 1.165) is 11.1 Å². The summed E-state index contributed by atoms with van der Waals surface area (Å²) in [7, 11) is 1.80. The van der Waals surface area contributed by atoms with E-state index in [9.17, 15) is 4.79 Å². The van der Waals surface area contributed by atoms with E-state index in [2.05, 4.69) is 5.10 Å². The molecule has 0 aliphatic carbocycles. The molecule has 2 rings (SSSR count). The number of rotatable bonds is 1. The molecule has 0 unspecified atom stereocenters. The Kier molecular flexibility index (Phi) is 2.16. The molecule has 0 spiro atoms. The zero-order chi connectivity index (χ0) is 11.2. The fourth-order valence-corrected chi connectivity index (χ4v) is 1.90. The van der Waals surface area contributed by atoms with E-state index in [1.54, 1.807) is 11.7 Å². The molecule has 0 saturated carbocycles. The smallest absolute Gasteiger partial charge is 0.335 e. The highest BCUT2D eigenvalue weighted by molar-refractivity contribution is 6.36. The number of nitrogens with zero attached hydrogens (tertiary/aromatic N) is 2. The maximum absolute atomic E-state index is 10.8. The monoisotopic (exact) mass is 224 g/mol. The Balaban J connectivity index is 2.84. The Morgan fingerprint density at radius 1 is 1.53 bits per heavy atom. The molecule has 1 aromatic carbocycles. The number of hydrogen-bond acceptors (Lipinski definition) is 2. The third-order valence-corrected chi connectivity index (χ3v) is 2.72. The summed E-state index contributed by atoms with van der Waals surface area (Å²) < 4.78 is 1.68.